The summed E-state index contributed by atoms with van der Waals surface area (Å²) in [5.41, 5.74) is -0.284. The van der Waals surface area contributed by atoms with Crippen LogP contribution in [0.1, 0.15) is 13.8 Å². The van der Waals surface area contributed by atoms with E-state index in [2.05, 4.69) is 5.32 Å². The summed E-state index contributed by atoms with van der Waals surface area (Å²) in [7, 11) is 0. The second kappa shape index (κ2) is 2.00. The maximum absolute atomic E-state index is 11.4. The van der Waals surface area contributed by atoms with Gasteiger partial charge in [-0.25, -0.2) is 4.79 Å². The number of urea groups is 1. The van der Waals surface area contributed by atoms with Crippen LogP contribution in [0.4, 0.5) is 4.79 Å². The molecule has 0 atom stereocenters. The number of imide groups is 1. The second-order valence-electron chi connectivity index (χ2n) is 3.93. The summed E-state index contributed by atoms with van der Waals surface area (Å²) in [4.78, 5) is 24.1. The molecule has 2 bridgehead atoms. The molecule has 3 aliphatic rings. The molecule has 0 aromatic rings. The summed E-state index contributed by atoms with van der Waals surface area (Å²) in [5, 5.41) is 2.35. The zero-order valence-corrected chi connectivity index (χ0v) is 7.26. The van der Waals surface area contributed by atoms with Gasteiger partial charge in [0, 0.05) is 13.1 Å². The standard InChI is InChI=1S/C8H12N2O2/c1-5(2)8-3-10(4-8)7(12)9-6(8)11/h5H,3-4H2,1-2H3,(H,9,11,12). The zero-order chi connectivity index (χ0) is 8.93. The van der Waals surface area contributed by atoms with Gasteiger partial charge in [-0.15, -0.1) is 0 Å². The van der Waals surface area contributed by atoms with Gasteiger partial charge in [0.2, 0.25) is 5.91 Å². The molecular weight excluding hydrogens is 156 g/mol. The lowest BCUT2D eigenvalue weighted by Gasteiger charge is -2.54. The van der Waals surface area contributed by atoms with E-state index < -0.39 is 0 Å². The highest BCUT2D eigenvalue weighted by atomic mass is 16.2. The van der Waals surface area contributed by atoms with E-state index in [1.807, 2.05) is 13.8 Å². The maximum Gasteiger partial charge on any atom is 0.324 e. The third-order valence-electron chi connectivity index (χ3n) is 3.01. The van der Waals surface area contributed by atoms with Gasteiger partial charge in [-0.05, 0) is 5.92 Å². The first kappa shape index (κ1) is 7.58. The predicted octanol–water partition coefficient (Wildman–Crippen LogP) is 0.194. The number of carbonyl (C=O) groups excluding carboxylic acids is 2. The fourth-order valence-electron chi connectivity index (χ4n) is 1.85. The van der Waals surface area contributed by atoms with Crippen molar-refractivity contribution in [3.8, 4) is 0 Å². The van der Waals surface area contributed by atoms with Crippen molar-refractivity contribution in [3.63, 3.8) is 0 Å². The van der Waals surface area contributed by atoms with Gasteiger partial charge >= 0.3 is 6.03 Å². The Morgan fingerprint density at radius 2 is 2.00 bits per heavy atom. The summed E-state index contributed by atoms with van der Waals surface area (Å²) in [6, 6.07) is -0.234. The highest BCUT2D eigenvalue weighted by Crippen LogP contribution is 2.40. The molecule has 0 aliphatic carbocycles. The van der Waals surface area contributed by atoms with Gasteiger partial charge in [-0.2, -0.15) is 0 Å². The van der Waals surface area contributed by atoms with Crippen LogP contribution in [0.25, 0.3) is 0 Å². The van der Waals surface area contributed by atoms with Gasteiger partial charge in [0.15, 0.2) is 0 Å². The van der Waals surface area contributed by atoms with Crippen molar-refractivity contribution in [2.24, 2.45) is 11.3 Å². The Hall–Kier alpha value is -1.06. The number of amides is 3. The van der Waals surface area contributed by atoms with Crippen LogP contribution in [0, 0.1) is 11.3 Å². The summed E-state index contributed by atoms with van der Waals surface area (Å²) in [6.07, 6.45) is 0. The Morgan fingerprint density at radius 1 is 1.42 bits per heavy atom. The Balaban J connectivity index is 2.25. The topological polar surface area (TPSA) is 49.4 Å². The minimum atomic E-state index is -0.284. The third-order valence-corrected chi connectivity index (χ3v) is 3.01. The number of carbonyl (C=O) groups is 2. The van der Waals surface area contributed by atoms with E-state index in [4.69, 9.17) is 0 Å². The van der Waals surface area contributed by atoms with E-state index in [1.165, 1.54) is 0 Å². The number of hydrogen-bond acceptors (Lipinski definition) is 2. The predicted molar refractivity (Wildman–Crippen MR) is 42.4 cm³/mol. The van der Waals surface area contributed by atoms with Crippen LogP contribution in [0.15, 0.2) is 0 Å². The SMILES string of the molecule is CC(C)C12CN(C1)C(=O)NC2=O. The fraction of sp³-hybridized carbons (Fsp3) is 0.750. The Bertz CT molecular complexity index is 254. The van der Waals surface area contributed by atoms with Crippen molar-refractivity contribution in [1.82, 2.24) is 10.2 Å². The van der Waals surface area contributed by atoms with Gasteiger partial charge in [-0.3, -0.25) is 10.1 Å². The van der Waals surface area contributed by atoms with Crippen molar-refractivity contribution >= 4 is 11.9 Å². The molecule has 66 valence electrons. The van der Waals surface area contributed by atoms with Crippen molar-refractivity contribution in [3.05, 3.63) is 0 Å². The molecule has 0 radical (unpaired) electrons. The van der Waals surface area contributed by atoms with E-state index in [1.54, 1.807) is 4.90 Å². The quantitative estimate of drug-likeness (QED) is 0.607. The number of hydrogen-bond donors (Lipinski definition) is 1. The number of nitrogens with one attached hydrogen (secondary N) is 1. The van der Waals surface area contributed by atoms with Crippen molar-refractivity contribution in [2.75, 3.05) is 13.1 Å². The van der Waals surface area contributed by atoms with E-state index >= 15 is 0 Å². The summed E-state index contributed by atoms with van der Waals surface area (Å²) in [5.74, 6) is 0.215. The van der Waals surface area contributed by atoms with Crippen LogP contribution >= 0.6 is 0 Å². The normalized spacial score (nSPS) is 25.4. The van der Waals surface area contributed by atoms with E-state index in [0.29, 0.717) is 19.0 Å². The molecule has 1 N–H and O–H groups in total. The van der Waals surface area contributed by atoms with Crippen molar-refractivity contribution in [2.45, 2.75) is 13.8 Å². The molecule has 0 spiro atoms. The molecule has 4 heteroatoms. The van der Waals surface area contributed by atoms with Gasteiger partial charge in [0.05, 0.1) is 5.41 Å². The van der Waals surface area contributed by atoms with Crippen LogP contribution in [0.3, 0.4) is 0 Å². The van der Waals surface area contributed by atoms with Crippen LogP contribution in [0.5, 0.6) is 0 Å². The lowest BCUT2D eigenvalue weighted by Crippen LogP contribution is -2.74. The number of fused-ring (bicyclic) bond motifs is 2. The zero-order valence-electron chi connectivity index (χ0n) is 7.26. The maximum atomic E-state index is 11.4. The monoisotopic (exact) mass is 168 g/mol. The summed E-state index contributed by atoms with van der Waals surface area (Å²) in [6.45, 7) is 5.25. The number of nitrogens with zero attached hydrogens (tertiary/aromatic N) is 1. The van der Waals surface area contributed by atoms with Crippen LogP contribution < -0.4 is 5.32 Å². The minimum Gasteiger partial charge on any atom is -0.322 e. The van der Waals surface area contributed by atoms with Gasteiger partial charge < -0.3 is 4.90 Å². The number of rotatable bonds is 1. The molecule has 0 aromatic carbocycles. The van der Waals surface area contributed by atoms with Crippen molar-refractivity contribution < 1.29 is 9.59 Å². The van der Waals surface area contributed by atoms with Crippen LogP contribution in [0.2, 0.25) is 0 Å². The first-order chi connectivity index (χ1) is 5.56. The molecule has 3 rings (SSSR count). The first-order valence-electron chi connectivity index (χ1n) is 4.16. The minimum absolute atomic E-state index is 0.0926. The highest BCUT2D eigenvalue weighted by molar-refractivity contribution is 6.03. The molecule has 3 aliphatic heterocycles. The molecule has 3 fully saturated rings. The fourth-order valence-corrected chi connectivity index (χ4v) is 1.85. The van der Waals surface area contributed by atoms with Crippen molar-refractivity contribution in [1.29, 1.82) is 0 Å². The molecule has 0 saturated carbocycles. The Morgan fingerprint density at radius 3 is 2.42 bits per heavy atom. The van der Waals surface area contributed by atoms with Crippen LogP contribution in [-0.4, -0.2) is 29.9 Å². The lowest BCUT2D eigenvalue weighted by atomic mass is 9.69. The molecule has 4 nitrogen and oxygen atoms in total. The Kier molecular flexibility index (Phi) is 1.26. The first-order valence-corrected chi connectivity index (χ1v) is 4.16. The summed E-state index contributed by atoms with van der Waals surface area (Å²) < 4.78 is 0. The summed E-state index contributed by atoms with van der Waals surface area (Å²) >= 11 is 0. The van der Waals surface area contributed by atoms with Gasteiger partial charge in [-0.1, -0.05) is 13.8 Å². The van der Waals surface area contributed by atoms with Gasteiger partial charge in [0.1, 0.15) is 0 Å². The molecule has 0 aromatic heterocycles. The van der Waals surface area contributed by atoms with E-state index in [-0.39, 0.29) is 17.4 Å². The van der Waals surface area contributed by atoms with Gasteiger partial charge in [0.25, 0.3) is 0 Å². The smallest absolute Gasteiger partial charge is 0.322 e. The van der Waals surface area contributed by atoms with E-state index in [0.717, 1.165) is 0 Å². The van der Waals surface area contributed by atoms with Crippen LogP contribution in [-0.2, 0) is 4.79 Å². The average molecular weight is 168 g/mol. The molecular formula is C8H12N2O2. The molecule has 3 amide bonds. The van der Waals surface area contributed by atoms with E-state index in [9.17, 15) is 9.59 Å². The Labute approximate surface area is 70.9 Å². The lowest BCUT2D eigenvalue weighted by molar-refractivity contribution is -0.148. The largest absolute Gasteiger partial charge is 0.324 e. The molecule has 3 saturated heterocycles. The molecule has 12 heavy (non-hydrogen) atoms. The highest BCUT2D eigenvalue weighted by Gasteiger charge is 2.57. The molecule has 0 unspecified atom stereocenters. The second-order valence-corrected chi connectivity index (χ2v) is 3.93. The molecule has 3 heterocycles. The third kappa shape index (κ3) is 0.673. The average Bonchev–Trinajstić information content (AvgIpc) is 1.81.